The molecule has 1 unspecified atom stereocenters. The predicted octanol–water partition coefficient (Wildman–Crippen LogP) is 3.88. The third-order valence-electron chi connectivity index (χ3n) is 4.77. The minimum Gasteiger partial charge on any atom is -0.308 e. The van der Waals surface area contributed by atoms with Gasteiger partial charge in [-0.3, -0.25) is 14.6 Å². The largest absolute Gasteiger partial charge is 0.326 e. The molecule has 0 saturated carbocycles. The average Bonchev–Trinajstić information content (AvgIpc) is 3.25. The molecule has 2 N–H and O–H groups in total. The number of rotatable bonds is 5. The fourth-order valence-electron chi connectivity index (χ4n) is 3.21. The Kier molecular flexibility index (Phi) is 5.52. The van der Waals surface area contributed by atoms with Crippen LogP contribution in [0, 0.1) is 0 Å². The number of imide groups is 1. The van der Waals surface area contributed by atoms with E-state index in [1.54, 1.807) is 10.7 Å². The second kappa shape index (κ2) is 8.57. The number of nitrogens with zero attached hydrogens (tertiary/aromatic N) is 2. The zero-order valence-electron chi connectivity index (χ0n) is 16.4. The summed E-state index contributed by atoms with van der Waals surface area (Å²) in [5, 5.41) is 10.9. The Morgan fingerprint density at radius 2 is 1.73 bits per heavy atom. The van der Waals surface area contributed by atoms with Gasteiger partial charge in [-0.2, -0.15) is 0 Å². The molecule has 0 radical (unpaired) electrons. The standard InChI is InChI=1S/C23H20N4O3/c1-16(13-17-7-3-2-4-8-17)27-15-21(30-26-27)22(28)25-23(29)24-20-12-11-18-9-5-6-10-19(18)14-20/h2-12,14-16H,13H2,1H3,(H-,24,25,28,29)/p+1. The first-order chi connectivity index (χ1) is 14.6. The van der Waals surface area contributed by atoms with Crippen molar-refractivity contribution in [1.82, 2.24) is 10.6 Å². The number of anilines is 1. The number of carbonyl (C=O) groups is 2. The molecule has 30 heavy (non-hydrogen) atoms. The van der Waals surface area contributed by atoms with Gasteiger partial charge in [-0.1, -0.05) is 60.7 Å². The van der Waals surface area contributed by atoms with Crippen LogP contribution in [0.1, 0.15) is 29.1 Å². The van der Waals surface area contributed by atoms with Gasteiger partial charge in [0.15, 0.2) is 11.3 Å². The topological polar surface area (TPSA) is 88.1 Å². The third-order valence-corrected chi connectivity index (χ3v) is 4.77. The summed E-state index contributed by atoms with van der Waals surface area (Å²) in [6.07, 6.45) is 2.23. The summed E-state index contributed by atoms with van der Waals surface area (Å²) in [5.41, 5.74) is 1.74. The van der Waals surface area contributed by atoms with Gasteiger partial charge in [0.2, 0.25) is 0 Å². The van der Waals surface area contributed by atoms with E-state index in [0.29, 0.717) is 5.69 Å². The van der Waals surface area contributed by atoms with Gasteiger partial charge >= 0.3 is 11.9 Å². The summed E-state index contributed by atoms with van der Waals surface area (Å²) in [7, 11) is 0. The molecule has 3 amide bonds. The molecule has 0 aliphatic carbocycles. The number of hydrogen-bond acceptors (Lipinski definition) is 4. The van der Waals surface area contributed by atoms with Crippen molar-refractivity contribution < 1.29 is 18.8 Å². The van der Waals surface area contributed by atoms with E-state index in [1.807, 2.05) is 73.7 Å². The van der Waals surface area contributed by atoms with Crippen LogP contribution in [0.2, 0.25) is 0 Å². The first-order valence-corrected chi connectivity index (χ1v) is 9.62. The Morgan fingerprint density at radius 1 is 1.00 bits per heavy atom. The van der Waals surface area contributed by atoms with Gasteiger partial charge in [-0.05, 0) is 33.2 Å². The van der Waals surface area contributed by atoms with E-state index in [4.69, 9.17) is 4.52 Å². The van der Waals surface area contributed by atoms with Crippen molar-refractivity contribution >= 4 is 28.4 Å². The van der Waals surface area contributed by atoms with Crippen molar-refractivity contribution in [2.75, 3.05) is 5.32 Å². The lowest BCUT2D eigenvalue weighted by molar-refractivity contribution is -0.782. The second-order valence-electron chi connectivity index (χ2n) is 7.06. The summed E-state index contributed by atoms with van der Waals surface area (Å²) >= 11 is 0. The van der Waals surface area contributed by atoms with Gasteiger partial charge in [0.25, 0.3) is 12.0 Å². The molecule has 4 aromatic rings. The number of benzene rings is 3. The van der Waals surface area contributed by atoms with Crippen LogP contribution < -0.4 is 15.3 Å². The molecule has 0 fully saturated rings. The van der Waals surface area contributed by atoms with Crippen LogP contribution in [0.3, 0.4) is 0 Å². The van der Waals surface area contributed by atoms with Crippen LogP contribution in [-0.2, 0) is 6.42 Å². The molecule has 0 aliphatic heterocycles. The molecular weight excluding hydrogens is 380 g/mol. The lowest BCUT2D eigenvalue weighted by Gasteiger charge is -2.06. The van der Waals surface area contributed by atoms with Crippen molar-refractivity contribution in [2.24, 2.45) is 0 Å². The van der Waals surface area contributed by atoms with Crippen molar-refractivity contribution in [3.63, 3.8) is 0 Å². The number of nitrogens with one attached hydrogen (secondary N) is 2. The Hall–Kier alpha value is -4.00. The molecule has 1 aromatic heterocycles. The highest BCUT2D eigenvalue weighted by molar-refractivity contribution is 6.07. The first kappa shape index (κ1) is 19.3. The van der Waals surface area contributed by atoms with Gasteiger partial charge in [0, 0.05) is 19.0 Å². The number of fused-ring (bicyclic) bond motifs is 1. The smallest absolute Gasteiger partial charge is 0.308 e. The molecule has 4 rings (SSSR count). The predicted molar refractivity (Wildman–Crippen MR) is 112 cm³/mol. The zero-order chi connectivity index (χ0) is 20.9. The van der Waals surface area contributed by atoms with Gasteiger partial charge in [0.1, 0.15) is 0 Å². The van der Waals surface area contributed by atoms with E-state index in [0.717, 1.165) is 22.8 Å². The van der Waals surface area contributed by atoms with Crippen LogP contribution in [0.5, 0.6) is 0 Å². The van der Waals surface area contributed by atoms with Crippen LogP contribution in [0.15, 0.2) is 83.5 Å². The number of aromatic nitrogens is 2. The Balaban J connectivity index is 1.36. The normalized spacial score (nSPS) is 11.8. The van der Waals surface area contributed by atoms with E-state index in [1.165, 1.54) is 6.20 Å². The fourth-order valence-corrected chi connectivity index (χ4v) is 3.21. The number of amides is 3. The first-order valence-electron chi connectivity index (χ1n) is 9.62. The molecule has 3 aromatic carbocycles. The van der Waals surface area contributed by atoms with Gasteiger partial charge in [0.05, 0.1) is 0 Å². The van der Waals surface area contributed by atoms with Crippen molar-refractivity contribution in [3.8, 4) is 0 Å². The highest BCUT2D eigenvalue weighted by Gasteiger charge is 2.24. The molecule has 7 nitrogen and oxygen atoms in total. The second-order valence-corrected chi connectivity index (χ2v) is 7.06. The molecule has 0 bridgehead atoms. The molecular formula is C23H21N4O3+. The molecule has 150 valence electrons. The van der Waals surface area contributed by atoms with E-state index < -0.39 is 11.9 Å². The lowest BCUT2D eigenvalue weighted by Crippen LogP contribution is -2.40. The summed E-state index contributed by atoms with van der Waals surface area (Å²) in [5.74, 6) is -0.699. The zero-order valence-corrected chi connectivity index (χ0v) is 16.4. The summed E-state index contributed by atoms with van der Waals surface area (Å²) in [6, 6.07) is 22.7. The summed E-state index contributed by atoms with van der Waals surface area (Å²) < 4.78 is 6.69. The van der Waals surface area contributed by atoms with Crippen molar-refractivity contribution in [3.05, 3.63) is 90.3 Å². The Bertz CT molecular complexity index is 1190. The van der Waals surface area contributed by atoms with Crippen LogP contribution in [-0.4, -0.2) is 17.2 Å². The maximum atomic E-state index is 12.3. The van der Waals surface area contributed by atoms with Crippen LogP contribution in [0.25, 0.3) is 10.8 Å². The molecule has 0 aliphatic rings. The van der Waals surface area contributed by atoms with Crippen LogP contribution in [0.4, 0.5) is 10.5 Å². The molecule has 1 atom stereocenters. The summed E-state index contributed by atoms with van der Waals surface area (Å²) in [6.45, 7) is 1.98. The lowest BCUT2D eigenvalue weighted by atomic mass is 10.1. The molecule has 0 saturated heterocycles. The van der Waals surface area contributed by atoms with Gasteiger partial charge in [-0.25, -0.2) is 4.79 Å². The van der Waals surface area contributed by atoms with Gasteiger partial charge in [-0.15, -0.1) is 0 Å². The number of urea groups is 1. The minimum absolute atomic E-state index is 0.0101. The molecule has 0 spiro atoms. The quantitative estimate of drug-likeness (QED) is 0.497. The maximum Gasteiger partial charge on any atom is 0.326 e. The Morgan fingerprint density at radius 3 is 2.53 bits per heavy atom. The number of hydrogen-bond donors (Lipinski definition) is 2. The summed E-state index contributed by atoms with van der Waals surface area (Å²) in [4.78, 5) is 24.5. The van der Waals surface area contributed by atoms with Crippen molar-refractivity contribution in [1.29, 1.82) is 0 Å². The Labute approximate surface area is 173 Å². The average molecular weight is 401 g/mol. The monoisotopic (exact) mass is 401 g/mol. The van der Waals surface area contributed by atoms with E-state index in [9.17, 15) is 9.59 Å². The van der Waals surface area contributed by atoms with Crippen LogP contribution >= 0.6 is 0 Å². The maximum absolute atomic E-state index is 12.3. The molecule has 1 heterocycles. The third kappa shape index (κ3) is 4.52. The fraction of sp³-hybridized carbons (Fsp3) is 0.130. The van der Waals surface area contributed by atoms with Gasteiger partial charge < -0.3 is 5.32 Å². The highest BCUT2D eigenvalue weighted by atomic mass is 16.5. The molecule has 7 heteroatoms. The van der Waals surface area contributed by atoms with E-state index in [2.05, 4.69) is 15.9 Å². The van der Waals surface area contributed by atoms with Crippen molar-refractivity contribution in [2.45, 2.75) is 19.4 Å². The highest BCUT2D eigenvalue weighted by Crippen LogP contribution is 2.18. The minimum atomic E-state index is -0.661. The van der Waals surface area contributed by atoms with E-state index >= 15 is 0 Å². The SMILES string of the molecule is CC(Cc1ccccc1)[n+]1cc(C(=O)NC(=O)Nc2ccc3ccccc3c2)on1. The van der Waals surface area contributed by atoms with E-state index in [-0.39, 0.29) is 11.8 Å². The number of carbonyl (C=O) groups excluding carboxylic acids is 2.